The van der Waals surface area contributed by atoms with Crippen LogP contribution in [-0.4, -0.2) is 50.2 Å². The number of nitrogens with one attached hydrogen (secondary N) is 1. The molecule has 32 heavy (non-hydrogen) atoms. The predicted molar refractivity (Wildman–Crippen MR) is 116 cm³/mol. The monoisotopic (exact) mass is 441 g/mol. The van der Waals surface area contributed by atoms with Gasteiger partial charge in [-0.2, -0.15) is 0 Å². The summed E-state index contributed by atoms with van der Waals surface area (Å²) in [6.45, 7) is 1.13. The number of nitro benzene ring substituents is 1. The van der Waals surface area contributed by atoms with Gasteiger partial charge in [-0.25, -0.2) is 0 Å². The zero-order chi connectivity index (χ0) is 22.8. The van der Waals surface area contributed by atoms with Crippen LogP contribution in [0.2, 0.25) is 0 Å². The fourth-order valence-electron chi connectivity index (χ4n) is 4.03. The largest absolute Gasteiger partial charge is 0.493 e. The number of nitrogens with zero attached hydrogens (tertiary/aromatic N) is 2. The van der Waals surface area contributed by atoms with E-state index in [9.17, 15) is 19.7 Å². The van der Waals surface area contributed by atoms with Crippen molar-refractivity contribution in [2.45, 2.75) is 25.4 Å². The number of anilines is 2. The molecule has 0 saturated carbocycles. The summed E-state index contributed by atoms with van der Waals surface area (Å²) >= 11 is 0. The molecule has 4 rings (SSSR count). The molecule has 1 N–H and O–H groups in total. The fourth-order valence-corrected chi connectivity index (χ4v) is 4.03. The number of hydrogen-bond donors (Lipinski definition) is 1. The number of nitro groups is 1. The molecule has 2 amide bonds. The van der Waals surface area contributed by atoms with Crippen LogP contribution in [0, 0.1) is 10.1 Å². The number of rotatable bonds is 6. The minimum absolute atomic E-state index is 0.0831. The van der Waals surface area contributed by atoms with Crippen molar-refractivity contribution in [3.63, 3.8) is 0 Å². The lowest BCUT2D eigenvalue weighted by Gasteiger charge is -2.21. The van der Waals surface area contributed by atoms with E-state index < -0.39 is 22.6 Å². The number of carbonyl (C=O) groups excluding carboxylic acids is 2. The van der Waals surface area contributed by atoms with Gasteiger partial charge in [0, 0.05) is 30.6 Å². The first kappa shape index (κ1) is 21.6. The number of fused-ring (bicyclic) bond motifs is 1. The topological polar surface area (TPSA) is 120 Å². The van der Waals surface area contributed by atoms with Crippen LogP contribution in [0.25, 0.3) is 0 Å². The zero-order valence-corrected chi connectivity index (χ0v) is 17.8. The second-order valence-corrected chi connectivity index (χ2v) is 7.52. The minimum atomic E-state index is -0.674. The molecule has 2 heterocycles. The Hall–Kier alpha value is -3.66. The molecule has 10 heteroatoms. The minimum Gasteiger partial charge on any atom is -0.493 e. The summed E-state index contributed by atoms with van der Waals surface area (Å²) in [7, 11) is 2.74. The van der Waals surface area contributed by atoms with Crippen LogP contribution in [0.5, 0.6) is 11.5 Å². The van der Waals surface area contributed by atoms with Gasteiger partial charge in [0.25, 0.3) is 17.5 Å². The third kappa shape index (κ3) is 3.96. The second-order valence-electron chi connectivity index (χ2n) is 7.52. The molecule has 10 nitrogen and oxygen atoms in total. The summed E-state index contributed by atoms with van der Waals surface area (Å²) in [5.74, 6) is -0.407. The Labute approximate surface area is 184 Å². The van der Waals surface area contributed by atoms with Crippen molar-refractivity contribution in [3.8, 4) is 11.5 Å². The molecule has 1 unspecified atom stereocenters. The lowest BCUT2D eigenvalue weighted by atomic mass is 10.1. The molecule has 2 aromatic rings. The number of benzene rings is 2. The van der Waals surface area contributed by atoms with Crippen molar-refractivity contribution in [2.75, 3.05) is 37.6 Å². The normalized spacial score (nSPS) is 17.1. The van der Waals surface area contributed by atoms with Gasteiger partial charge in [-0.1, -0.05) is 6.07 Å². The van der Waals surface area contributed by atoms with Crippen LogP contribution in [0.4, 0.5) is 17.1 Å². The summed E-state index contributed by atoms with van der Waals surface area (Å²) < 4.78 is 15.8. The fraction of sp³-hybridized carbons (Fsp3) is 0.364. The van der Waals surface area contributed by atoms with Crippen molar-refractivity contribution in [1.29, 1.82) is 0 Å². The van der Waals surface area contributed by atoms with Crippen LogP contribution in [-0.2, 0) is 16.0 Å². The molecular formula is C22H23N3O7. The van der Waals surface area contributed by atoms with E-state index in [1.807, 2.05) is 6.07 Å². The van der Waals surface area contributed by atoms with Gasteiger partial charge in [0.2, 0.25) is 0 Å². The summed E-state index contributed by atoms with van der Waals surface area (Å²) in [6.07, 6.45) is 1.83. The van der Waals surface area contributed by atoms with Gasteiger partial charge in [-0.05, 0) is 37.0 Å². The molecular weight excluding hydrogens is 418 g/mol. The van der Waals surface area contributed by atoms with Gasteiger partial charge in [-0.15, -0.1) is 0 Å². The van der Waals surface area contributed by atoms with Gasteiger partial charge < -0.3 is 24.4 Å². The van der Waals surface area contributed by atoms with Crippen LogP contribution in [0.3, 0.4) is 0 Å². The molecule has 1 saturated heterocycles. The first-order valence-corrected chi connectivity index (χ1v) is 10.2. The van der Waals surface area contributed by atoms with Gasteiger partial charge in [-0.3, -0.25) is 19.7 Å². The lowest BCUT2D eigenvalue weighted by molar-refractivity contribution is -0.385. The first-order chi connectivity index (χ1) is 15.4. The van der Waals surface area contributed by atoms with Crippen molar-refractivity contribution in [3.05, 3.63) is 51.6 Å². The van der Waals surface area contributed by atoms with Crippen molar-refractivity contribution >= 4 is 28.9 Å². The number of hydrogen-bond acceptors (Lipinski definition) is 7. The molecule has 0 aliphatic carbocycles. The maximum absolute atomic E-state index is 12.9. The third-order valence-electron chi connectivity index (χ3n) is 5.65. The number of carbonyl (C=O) groups is 2. The van der Waals surface area contributed by atoms with E-state index in [-0.39, 0.29) is 23.0 Å². The highest BCUT2D eigenvalue weighted by Gasteiger charge is 2.33. The van der Waals surface area contributed by atoms with Crippen LogP contribution in [0.1, 0.15) is 28.8 Å². The average Bonchev–Trinajstić information content (AvgIpc) is 3.47. The van der Waals surface area contributed by atoms with Crippen LogP contribution in [0.15, 0.2) is 30.3 Å². The van der Waals surface area contributed by atoms with E-state index in [4.69, 9.17) is 14.2 Å². The highest BCUT2D eigenvalue weighted by atomic mass is 16.6. The molecule has 1 atom stereocenters. The molecule has 2 aromatic carbocycles. The van der Waals surface area contributed by atoms with Gasteiger partial charge in [0.05, 0.1) is 25.2 Å². The summed E-state index contributed by atoms with van der Waals surface area (Å²) in [6, 6.07) is 7.69. The smallest absolute Gasteiger partial charge is 0.286 e. The van der Waals surface area contributed by atoms with Gasteiger partial charge in [0.15, 0.2) is 11.5 Å². The Morgan fingerprint density at radius 3 is 2.59 bits per heavy atom. The molecule has 0 spiro atoms. The maximum Gasteiger partial charge on any atom is 0.286 e. The van der Waals surface area contributed by atoms with Crippen LogP contribution >= 0.6 is 0 Å². The highest BCUT2D eigenvalue weighted by molar-refractivity contribution is 6.08. The molecule has 0 radical (unpaired) electrons. The number of amides is 2. The summed E-state index contributed by atoms with van der Waals surface area (Å²) in [5.41, 5.74) is 1.55. The lowest BCUT2D eigenvalue weighted by Crippen LogP contribution is -2.37. The van der Waals surface area contributed by atoms with Gasteiger partial charge in [0.1, 0.15) is 11.7 Å². The van der Waals surface area contributed by atoms with E-state index in [2.05, 4.69) is 5.32 Å². The van der Waals surface area contributed by atoms with E-state index in [1.165, 1.54) is 20.3 Å². The Morgan fingerprint density at radius 2 is 1.94 bits per heavy atom. The molecule has 0 aromatic heterocycles. The molecule has 0 bridgehead atoms. The van der Waals surface area contributed by atoms with Crippen molar-refractivity contribution in [1.82, 2.24) is 0 Å². The Morgan fingerprint density at radius 1 is 1.19 bits per heavy atom. The van der Waals surface area contributed by atoms with E-state index >= 15 is 0 Å². The van der Waals surface area contributed by atoms with E-state index in [1.54, 1.807) is 17.0 Å². The summed E-state index contributed by atoms with van der Waals surface area (Å²) in [5, 5.41) is 14.2. The van der Waals surface area contributed by atoms with Crippen LogP contribution < -0.4 is 19.7 Å². The number of ether oxygens (including phenoxy) is 3. The average molecular weight is 441 g/mol. The Kier molecular flexibility index (Phi) is 5.95. The van der Waals surface area contributed by atoms with Gasteiger partial charge >= 0.3 is 0 Å². The number of methoxy groups -OCH3 is 2. The molecule has 1 fully saturated rings. The van der Waals surface area contributed by atoms with E-state index in [0.717, 1.165) is 18.1 Å². The molecule has 2 aliphatic rings. The van der Waals surface area contributed by atoms with Crippen molar-refractivity contribution in [2.24, 2.45) is 0 Å². The SMILES string of the molecule is COc1cc(C(=O)Nc2ccc3c(c2)N(C(=O)C2CCCO2)CC3)c([N+](=O)[O-])cc1OC. The molecule has 168 valence electrons. The van der Waals surface area contributed by atoms with Crippen molar-refractivity contribution < 1.29 is 28.7 Å². The second kappa shape index (κ2) is 8.83. The highest BCUT2D eigenvalue weighted by Crippen LogP contribution is 2.36. The Balaban J connectivity index is 1.60. The molecule has 2 aliphatic heterocycles. The maximum atomic E-state index is 12.9. The zero-order valence-electron chi connectivity index (χ0n) is 17.8. The third-order valence-corrected chi connectivity index (χ3v) is 5.65. The summed E-state index contributed by atoms with van der Waals surface area (Å²) in [4.78, 5) is 38.3. The standard InChI is InChI=1S/C22H23N3O7/c1-30-19-11-15(17(25(28)29)12-20(19)31-2)21(26)23-14-6-5-13-7-8-24(16(13)10-14)22(27)18-4-3-9-32-18/h5-6,10-12,18H,3-4,7-9H2,1-2H3,(H,23,26). The van der Waals surface area contributed by atoms with E-state index in [0.29, 0.717) is 37.4 Å². The Bertz CT molecular complexity index is 1080. The first-order valence-electron chi connectivity index (χ1n) is 10.2. The predicted octanol–water partition coefficient (Wildman–Crippen LogP) is 2.93. The quantitative estimate of drug-likeness (QED) is 0.540.